The van der Waals surface area contributed by atoms with E-state index >= 15 is 0 Å². The summed E-state index contributed by atoms with van der Waals surface area (Å²) in [5, 5.41) is 0.607. The van der Waals surface area contributed by atoms with Gasteiger partial charge in [0.05, 0.1) is 5.25 Å². The number of hydrogen-bond acceptors (Lipinski definition) is 5. The number of aromatic amines is 1. The fourth-order valence-corrected chi connectivity index (χ4v) is 3.13. The second-order valence-electron chi connectivity index (χ2n) is 4.98. The van der Waals surface area contributed by atoms with E-state index in [1.54, 1.807) is 18.5 Å². The van der Waals surface area contributed by atoms with Crippen LogP contribution in [-0.2, 0) is 6.42 Å². The maximum Gasteiger partial charge on any atom is 0.251 e. The second kappa shape index (κ2) is 7.38. The predicted octanol–water partition coefficient (Wildman–Crippen LogP) is 2.30. The third-order valence-electron chi connectivity index (χ3n) is 3.01. The number of nitrogens with zero attached hydrogens (tertiary/aromatic N) is 2. The summed E-state index contributed by atoms with van der Waals surface area (Å²) in [5.41, 5.74) is 7.81. The SMILES string of the molecule is CCCc1cc(=O)[nH]c(SC(c2cccnc2)C(C)N)n1. The molecule has 0 radical (unpaired) electrons. The van der Waals surface area contributed by atoms with Crippen LogP contribution in [0.5, 0.6) is 0 Å². The Morgan fingerprint density at radius 3 is 2.90 bits per heavy atom. The molecule has 2 aromatic heterocycles. The van der Waals surface area contributed by atoms with Crippen molar-refractivity contribution in [3.8, 4) is 0 Å². The molecule has 21 heavy (non-hydrogen) atoms. The summed E-state index contributed by atoms with van der Waals surface area (Å²) in [6.45, 7) is 4.01. The highest BCUT2D eigenvalue weighted by Crippen LogP contribution is 2.34. The first-order valence-electron chi connectivity index (χ1n) is 7.02. The lowest BCUT2D eigenvalue weighted by Gasteiger charge is -2.19. The highest BCUT2D eigenvalue weighted by molar-refractivity contribution is 7.99. The molecule has 0 aromatic carbocycles. The first-order chi connectivity index (χ1) is 10.1. The summed E-state index contributed by atoms with van der Waals surface area (Å²) >= 11 is 1.47. The number of H-pyrrole nitrogens is 1. The maximum atomic E-state index is 11.7. The second-order valence-corrected chi connectivity index (χ2v) is 6.11. The average molecular weight is 304 g/mol. The van der Waals surface area contributed by atoms with Gasteiger partial charge in [-0.1, -0.05) is 31.2 Å². The zero-order chi connectivity index (χ0) is 15.2. The minimum Gasteiger partial charge on any atom is -0.327 e. The van der Waals surface area contributed by atoms with Crippen molar-refractivity contribution in [1.82, 2.24) is 15.0 Å². The molecule has 0 aliphatic carbocycles. The van der Waals surface area contributed by atoms with Crippen molar-refractivity contribution >= 4 is 11.8 Å². The Balaban J connectivity index is 2.27. The van der Waals surface area contributed by atoms with E-state index in [1.165, 1.54) is 11.8 Å². The van der Waals surface area contributed by atoms with Gasteiger partial charge in [-0.2, -0.15) is 0 Å². The van der Waals surface area contributed by atoms with Gasteiger partial charge < -0.3 is 10.7 Å². The molecule has 2 aromatic rings. The number of aromatic nitrogens is 3. The van der Waals surface area contributed by atoms with Gasteiger partial charge in [0.2, 0.25) is 0 Å². The van der Waals surface area contributed by atoms with E-state index in [2.05, 4.69) is 21.9 Å². The largest absolute Gasteiger partial charge is 0.327 e. The molecular weight excluding hydrogens is 284 g/mol. The van der Waals surface area contributed by atoms with Crippen molar-refractivity contribution in [2.75, 3.05) is 0 Å². The number of nitrogens with two attached hydrogens (primary N) is 1. The van der Waals surface area contributed by atoms with Crippen molar-refractivity contribution in [2.24, 2.45) is 5.73 Å². The quantitative estimate of drug-likeness (QED) is 0.632. The van der Waals surface area contributed by atoms with Crippen molar-refractivity contribution in [3.05, 3.63) is 52.2 Å². The maximum absolute atomic E-state index is 11.7. The molecule has 6 heteroatoms. The van der Waals surface area contributed by atoms with Crippen LogP contribution in [0, 0.1) is 0 Å². The van der Waals surface area contributed by atoms with E-state index in [0.29, 0.717) is 5.16 Å². The van der Waals surface area contributed by atoms with Crippen molar-refractivity contribution < 1.29 is 0 Å². The molecule has 0 saturated heterocycles. The lowest BCUT2D eigenvalue weighted by molar-refractivity contribution is 0.713. The Kier molecular flexibility index (Phi) is 5.52. The average Bonchev–Trinajstić information content (AvgIpc) is 2.45. The van der Waals surface area contributed by atoms with Crippen molar-refractivity contribution in [2.45, 2.75) is 43.1 Å². The Morgan fingerprint density at radius 1 is 1.48 bits per heavy atom. The van der Waals surface area contributed by atoms with Crippen LogP contribution in [0.25, 0.3) is 0 Å². The standard InChI is InChI=1S/C15H20N4OS/c1-3-5-12-8-13(20)19-15(18-12)21-14(10(2)16)11-6-4-7-17-9-11/h4,6-10,14H,3,5,16H2,1-2H3,(H,18,19,20). The van der Waals surface area contributed by atoms with Gasteiger partial charge in [0, 0.05) is 30.2 Å². The summed E-state index contributed by atoms with van der Waals surface area (Å²) in [6, 6.07) is 5.34. The molecule has 0 aliphatic rings. The summed E-state index contributed by atoms with van der Waals surface area (Å²) in [6.07, 6.45) is 5.29. The van der Waals surface area contributed by atoms with Gasteiger partial charge in [0.25, 0.3) is 5.56 Å². The molecule has 0 fully saturated rings. The summed E-state index contributed by atoms with van der Waals surface area (Å²) < 4.78 is 0. The monoisotopic (exact) mass is 304 g/mol. The predicted molar refractivity (Wildman–Crippen MR) is 85.3 cm³/mol. The Morgan fingerprint density at radius 2 is 2.29 bits per heavy atom. The van der Waals surface area contributed by atoms with Crippen LogP contribution in [0.1, 0.15) is 36.8 Å². The molecule has 2 rings (SSSR count). The van der Waals surface area contributed by atoms with Crippen LogP contribution in [0.2, 0.25) is 0 Å². The van der Waals surface area contributed by atoms with Crippen LogP contribution in [0.3, 0.4) is 0 Å². The molecular formula is C15H20N4OS. The van der Waals surface area contributed by atoms with Gasteiger partial charge in [-0.15, -0.1) is 0 Å². The van der Waals surface area contributed by atoms with Crippen LogP contribution in [0.4, 0.5) is 0 Å². The van der Waals surface area contributed by atoms with E-state index in [0.717, 1.165) is 24.1 Å². The summed E-state index contributed by atoms with van der Waals surface area (Å²) in [7, 11) is 0. The fourth-order valence-electron chi connectivity index (χ4n) is 2.07. The van der Waals surface area contributed by atoms with Crippen molar-refractivity contribution in [3.63, 3.8) is 0 Å². The van der Waals surface area contributed by atoms with Crippen LogP contribution < -0.4 is 11.3 Å². The number of pyridine rings is 1. The van der Waals surface area contributed by atoms with Crippen LogP contribution in [0.15, 0.2) is 40.5 Å². The van der Waals surface area contributed by atoms with Gasteiger partial charge in [-0.05, 0) is 25.0 Å². The van der Waals surface area contributed by atoms with Crippen LogP contribution in [-0.4, -0.2) is 21.0 Å². The first-order valence-corrected chi connectivity index (χ1v) is 7.90. The van der Waals surface area contributed by atoms with E-state index < -0.39 is 0 Å². The molecule has 0 spiro atoms. The summed E-state index contributed by atoms with van der Waals surface area (Å²) in [4.78, 5) is 23.1. The van der Waals surface area contributed by atoms with E-state index in [9.17, 15) is 4.79 Å². The molecule has 3 N–H and O–H groups in total. The van der Waals surface area contributed by atoms with Crippen LogP contribution >= 0.6 is 11.8 Å². The highest BCUT2D eigenvalue weighted by Gasteiger charge is 2.19. The Hall–Kier alpha value is -1.66. The molecule has 2 unspecified atom stereocenters. The lowest BCUT2D eigenvalue weighted by Crippen LogP contribution is -2.23. The molecule has 0 bridgehead atoms. The molecule has 112 valence electrons. The minimum atomic E-state index is -0.120. The zero-order valence-electron chi connectivity index (χ0n) is 12.2. The first kappa shape index (κ1) is 15.7. The molecule has 5 nitrogen and oxygen atoms in total. The number of hydrogen-bond donors (Lipinski definition) is 2. The van der Waals surface area contributed by atoms with Gasteiger partial charge in [-0.25, -0.2) is 4.98 Å². The van der Waals surface area contributed by atoms with Gasteiger partial charge >= 0.3 is 0 Å². The van der Waals surface area contributed by atoms with Gasteiger partial charge in [0.1, 0.15) is 0 Å². The topological polar surface area (TPSA) is 84.7 Å². The lowest BCUT2D eigenvalue weighted by atomic mass is 10.1. The number of rotatable bonds is 6. The Labute approximate surface area is 128 Å². The third-order valence-corrected chi connectivity index (χ3v) is 4.38. The molecule has 0 amide bonds. The number of thioether (sulfide) groups is 1. The molecule has 2 atom stereocenters. The fraction of sp³-hybridized carbons (Fsp3) is 0.400. The minimum absolute atomic E-state index is 0.00118. The van der Waals surface area contributed by atoms with E-state index in [-0.39, 0.29) is 16.9 Å². The van der Waals surface area contributed by atoms with E-state index in [1.807, 2.05) is 19.1 Å². The normalized spacial score (nSPS) is 13.9. The smallest absolute Gasteiger partial charge is 0.251 e. The molecule has 0 aliphatic heterocycles. The third kappa shape index (κ3) is 4.41. The van der Waals surface area contributed by atoms with Crippen molar-refractivity contribution in [1.29, 1.82) is 0 Å². The summed E-state index contributed by atoms with van der Waals surface area (Å²) in [5.74, 6) is 0. The number of aryl methyl sites for hydroxylation is 1. The Bertz CT molecular complexity index is 627. The molecule has 2 heterocycles. The van der Waals surface area contributed by atoms with Gasteiger partial charge in [0.15, 0.2) is 5.16 Å². The molecule has 0 saturated carbocycles. The van der Waals surface area contributed by atoms with Gasteiger partial charge in [-0.3, -0.25) is 9.78 Å². The van der Waals surface area contributed by atoms with E-state index in [4.69, 9.17) is 5.73 Å². The zero-order valence-corrected chi connectivity index (χ0v) is 13.1. The number of nitrogens with one attached hydrogen (secondary N) is 1. The highest BCUT2D eigenvalue weighted by atomic mass is 32.2.